The number of hydrogen-bond acceptors (Lipinski definition) is 5. The smallest absolute Gasteiger partial charge is 0.268 e. The molecule has 0 N–H and O–H groups in total. The Bertz CT molecular complexity index is 2230. The van der Waals surface area contributed by atoms with E-state index >= 15 is 0 Å². The fraction of sp³-hybridized carbons (Fsp3) is 0. The normalized spacial score (nSPS) is 11.9. The van der Waals surface area contributed by atoms with Gasteiger partial charge in [0.05, 0.1) is 32.3 Å². The third-order valence-corrected chi connectivity index (χ3v) is 7.83. The molecule has 8 rings (SSSR count). The zero-order chi connectivity index (χ0) is 24.5. The second-order valence-electron chi connectivity index (χ2n) is 8.91. The molecule has 0 bridgehead atoms. The summed E-state index contributed by atoms with van der Waals surface area (Å²) >= 11 is 1.50. The van der Waals surface area contributed by atoms with E-state index in [0.29, 0.717) is 21.9 Å². The standard InChI is InChI=1S/C30H17N5OS/c36-28-25-20-13-5-7-15-22(20)34(27(25)33-30-35(28)23-16-8-9-17-24(23)37-30)29-31-21-14-6-4-12-19(21)26(32-29)18-10-2-1-3-11-18/h1-17H. The molecular formula is C30H17N5OS. The summed E-state index contributed by atoms with van der Waals surface area (Å²) in [4.78, 5) is 29.7. The van der Waals surface area contributed by atoms with Gasteiger partial charge in [0, 0.05) is 16.3 Å². The van der Waals surface area contributed by atoms with E-state index in [1.165, 1.54) is 11.3 Å². The monoisotopic (exact) mass is 495 g/mol. The van der Waals surface area contributed by atoms with E-state index in [1.54, 1.807) is 4.40 Å². The summed E-state index contributed by atoms with van der Waals surface area (Å²) in [5.41, 5.74) is 4.86. The van der Waals surface area contributed by atoms with Crippen LogP contribution in [0.5, 0.6) is 0 Å². The molecule has 0 aliphatic carbocycles. The van der Waals surface area contributed by atoms with Crippen LogP contribution in [0.3, 0.4) is 0 Å². The van der Waals surface area contributed by atoms with Crippen LogP contribution in [-0.2, 0) is 0 Å². The summed E-state index contributed by atoms with van der Waals surface area (Å²) < 4.78 is 4.66. The van der Waals surface area contributed by atoms with Gasteiger partial charge in [0.25, 0.3) is 5.56 Å². The van der Waals surface area contributed by atoms with Crippen molar-refractivity contribution in [2.24, 2.45) is 0 Å². The van der Waals surface area contributed by atoms with E-state index in [2.05, 4.69) is 12.1 Å². The first-order chi connectivity index (χ1) is 18.3. The van der Waals surface area contributed by atoms with E-state index in [4.69, 9.17) is 15.0 Å². The van der Waals surface area contributed by atoms with Crippen LogP contribution in [0.4, 0.5) is 0 Å². The minimum Gasteiger partial charge on any atom is -0.268 e. The van der Waals surface area contributed by atoms with Gasteiger partial charge in [0.2, 0.25) is 5.95 Å². The summed E-state index contributed by atoms with van der Waals surface area (Å²) in [5, 5.41) is 2.37. The lowest BCUT2D eigenvalue weighted by Crippen LogP contribution is -2.14. The number of benzene rings is 4. The van der Waals surface area contributed by atoms with Crippen molar-refractivity contribution in [1.29, 1.82) is 0 Å². The van der Waals surface area contributed by atoms with Crippen LogP contribution < -0.4 is 5.56 Å². The van der Waals surface area contributed by atoms with Gasteiger partial charge in [0.1, 0.15) is 0 Å². The highest BCUT2D eigenvalue weighted by Crippen LogP contribution is 2.33. The predicted octanol–water partition coefficient (Wildman–Crippen LogP) is 6.62. The summed E-state index contributed by atoms with van der Waals surface area (Å²) in [7, 11) is 0. The fourth-order valence-corrected chi connectivity index (χ4v) is 6.18. The molecule has 0 radical (unpaired) electrons. The molecule has 0 fully saturated rings. The van der Waals surface area contributed by atoms with Crippen LogP contribution in [0.15, 0.2) is 108 Å². The predicted molar refractivity (Wildman–Crippen MR) is 150 cm³/mol. The lowest BCUT2D eigenvalue weighted by atomic mass is 10.1. The van der Waals surface area contributed by atoms with Crippen molar-refractivity contribution in [2.45, 2.75) is 0 Å². The molecule has 8 aromatic rings. The van der Waals surface area contributed by atoms with Crippen molar-refractivity contribution in [1.82, 2.24) is 23.9 Å². The second kappa shape index (κ2) is 7.56. The Balaban J connectivity index is 1.55. The van der Waals surface area contributed by atoms with E-state index < -0.39 is 0 Å². The maximum atomic E-state index is 14.0. The van der Waals surface area contributed by atoms with Crippen LogP contribution in [0, 0.1) is 0 Å². The number of aromatic nitrogens is 5. The Morgan fingerprint density at radius 3 is 2.22 bits per heavy atom. The highest BCUT2D eigenvalue weighted by molar-refractivity contribution is 7.23. The SMILES string of the molecule is O=c1c2c3ccccc3n(-c3nc(-c4ccccc4)c4ccccc4n3)c2nc2sc3ccccc3n12. The van der Waals surface area contributed by atoms with Crippen molar-refractivity contribution >= 4 is 59.4 Å². The molecule has 0 aliphatic rings. The van der Waals surface area contributed by atoms with Crippen molar-refractivity contribution < 1.29 is 0 Å². The number of hydrogen-bond donors (Lipinski definition) is 0. The highest BCUT2D eigenvalue weighted by Gasteiger charge is 2.22. The molecule has 0 atom stereocenters. The average Bonchev–Trinajstić information content (AvgIpc) is 3.49. The highest BCUT2D eigenvalue weighted by atomic mass is 32.1. The van der Waals surface area contributed by atoms with Gasteiger partial charge < -0.3 is 0 Å². The van der Waals surface area contributed by atoms with Gasteiger partial charge in [0.15, 0.2) is 10.6 Å². The zero-order valence-corrected chi connectivity index (χ0v) is 20.2. The molecule has 0 aliphatic heterocycles. The van der Waals surface area contributed by atoms with Crippen molar-refractivity contribution in [3.63, 3.8) is 0 Å². The van der Waals surface area contributed by atoms with E-state index in [0.717, 1.165) is 43.3 Å². The maximum absolute atomic E-state index is 14.0. The van der Waals surface area contributed by atoms with Gasteiger partial charge >= 0.3 is 0 Å². The van der Waals surface area contributed by atoms with Gasteiger partial charge in [-0.1, -0.05) is 90.2 Å². The van der Waals surface area contributed by atoms with E-state index in [1.807, 2.05) is 95.6 Å². The van der Waals surface area contributed by atoms with Crippen LogP contribution in [0.1, 0.15) is 0 Å². The molecule has 4 aromatic heterocycles. The number of para-hydroxylation sites is 3. The maximum Gasteiger partial charge on any atom is 0.269 e. The summed E-state index contributed by atoms with van der Waals surface area (Å²) in [5.74, 6) is 0.487. The molecule has 0 spiro atoms. The van der Waals surface area contributed by atoms with Gasteiger partial charge in [-0.3, -0.25) is 13.8 Å². The largest absolute Gasteiger partial charge is 0.269 e. The summed E-state index contributed by atoms with van der Waals surface area (Å²) in [6, 6.07) is 33.9. The van der Waals surface area contributed by atoms with Crippen LogP contribution in [-0.4, -0.2) is 23.9 Å². The van der Waals surface area contributed by atoms with Gasteiger partial charge in [-0.05, 0) is 24.3 Å². The lowest BCUT2D eigenvalue weighted by molar-refractivity contribution is 0.995. The third kappa shape index (κ3) is 2.86. The van der Waals surface area contributed by atoms with E-state index in [9.17, 15) is 4.79 Å². The van der Waals surface area contributed by atoms with Crippen LogP contribution in [0.25, 0.3) is 65.2 Å². The Kier molecular flexibility index (Phi) is 4.15. The molecule has 4 heterocycles. The topological polar surface area (TPSA) is 65.1 Å². The van der Waals surface area contributed by atoms with Crippen molar-refractivity contribution in [3.8, 4) is 17.2 Å². The number of thiazole rings is 1. The molecule has 0 saturated carbocycles. The van der Waals surface area contributed by atoms with E-state index in [-0.39, 0.29) is 5.56 Å². The minimum absolute atomic E-state index is 0.0866. The molecule has 6 nitrogen and oxygen atoms in total. The first-order valence-corrected chi connectivity index (χ1v) is 12.8. The Hall–Kier alpha value is -4.88. The Morgan fingerprint density at radius 2 is 1.35 bits per heavy atom. The molecular weight excluding hydrogens is 478 g/mol. The quantitative estimate of drug-likeness (QED) is 0.270. The third-order valence-electron chi connectivity index (χ3n) is 6.81. The molecule has 7 heteroatoms. The van der Waals surface area contributed by atoms with Crippen LogP contribution >= 0.6 is 11.3 Å². The number of rotatable bonds is 2. The molecule has 0 amide bonds. The minimum atomic E-state index is -0.0866. The Labute approximate surface area is 213 Å². The second-order valence-corrected chi connectivity index (χ2v) is 9.92. The Morgan fingerprint density at radius 1 is 0.649 bits per heavy atom. The molecule has 37 heavy (non-hydrogen) atoms. The van der Waals surface area contributed by atoms with Gasteiger partial charge in [-0.2, -0.15) is 0 Å². The first-order valence-electron chi connectivity index (χ1n) is 11.9. The number of nitrogens with zero attached hydrogens (tertiary/aromatic N) is 5. The average molecular weight is 496 g/mol. The molecule has 0 saturated heterocycles. The van der Waals surface area contributed by atoms with Gasteiger partial charge in [-0.15, -0.1) is 0 Å². The molecule has 4 aromatic carbocycles. The fourth-order valence-electron chi connectivity index (χ4n) is 5.17. The summed E-state index contributed by atoms with van der Waals surface area (Å²) in [6.07, 6.45) is 0. The van der Waals surface area contributed by atoms with Crippen molar-refractivity contribution in [2.75, 3.05) is 0 Å². The number of fused-ring (bicyclic) bond motifs is 7. The lowest BCUT2D eigenvalue weighted by Gasteiger charge is -2.11. The van der Waals surface area contributed by atoms with Crippen molar-refractivity contribution in [3.05, 3.63) is 113 Å². The molecule has 0 unspecified atom stereocenters. The summed E-state index contributed by atoms with van der Waals surface area (Å²) in [6.45, 7) is 0. The zero-order valence-electron chi connectivity index (χ0n) is 19.4. The first kappa shape index (κ1) is 20.3. The molecule has 174 valence electrons. The van der Waals surface area contributed by atoms with Gasteiger partial charge in [-0.25, -0.2) is 15.0 Å². The van der Waals surface area contributed by atoms with Crippen LogP contribution in [0.2, 0.25) is 0 Å².